The molecule has 8 unspecified atom stereocenters. The van der Waals surface area contributed by atoms with Gasteiger partial charge in [0.15, 0.2) is 0 Å². The zero-order valence-corrected chi connectivity index (χ0v) is 42.3. The Morgan fingerprint density at radius 3 is 1.50 bits per heavy atom. The first-order valence-electron chi connectivity index (χ1n) is 22.6. The van der Waals surface area contributed by atoms with Crippen molar-refractivity contribution in [3.63, 3.8) is 0 Å². The first-order chi connectivity index (χ1) is 32.6. The summed E-state index contributed by atoms with van der Waals surface area (Å²) in [6.07, 6.45) is -1.80. The van der Waals surface area contributed by atoms with Crippen molar-refractivity contribution in [1.82, 2.24) is 53.2 Å². The third-order valence-electron chi connectivity index (χ3n) is 9.89. The SMILES string of the molecule is CC(=O)NC1CSSCC(C(N)=O)NC(=O)CNC(=O)C(CC(C)C)NC(=O)C(C)NC(=O)C(CC(C)C)NC(=O)C(CC(=O)O)NC(=O)C(CC(C)C)NC(=O)C(CCC(N)=O)NC(=O)CNC1=O. The molecule has 1 fully saturated rings. The van der Waals surface area contributed by atoms with Crippen LogP contribution in [0.4, 0.5) is 0 Å². The number of carboxylic acids is 1. The molecule has 1 rings (SSSR count). The Bertz CT molecular complexity index is 1920. The number of aliphatic carboxylic acids is 1. The summed E-state index contributed by atoms with van der Waals surface area (Å²) in [5.74, 6) is -13.2. The van der Waals surface area contributed by atoms with Crippen LogP contribution in [0.2, 0.25) is 0 Å². The number of amides is 12. The Balaban J connectivity index is 3.71. The molecular weight excluding hydrogens is 961 g/mol. The van der Waals surface area contributed by atoms with E-state index in [1.807, 2.05) is 0 Å². The minimum atomic E-state index is -1.82. The van der Waals surface area contributed by atoms with Crippen molar-refractivity contribution in [3.8, 4) is 0 Å². The lowest BCUT2D eigenvalue weighted by atomic mass is 10.0. The molecule has 26 nitrogen and oxygen atoms in total. The van der Waals surface area contributed by atoms with E-state index in [0.29, 0.717) is 0 Å². The lowest BCUT2D eigenvalue weighted by Crippen LogP contribution is -2.60. The molecule has 12 amide bonds. The van der Waals surface area contributed by atoms with E-state index in [4.69, 9.17) is 11.5 Å². The average Bonchev–Trinajstić information content (AvgIpc) is 3.24. The van der Waals surface area contributed by atoms with Crippen LogP contribution in [0.25, 0.3) is 0 Å². The normalized spacial score (nSPS) is 25.2. The largest absolute Gasteiger partial charge is 0.481 e. The Morgan fingerprint density at radius 1 is 0.586 bits per heavy atom. The number of primary amides is 2. The van der Waals surface area contributed by atoms with Crippen LogP contribution in [-0.4, -0.2) is 155 Å². The third-order valence-corrected chi connectivity index (χ3v) is 12.3. The van der Waals surface area contributed by atoms with Gasteiger partial charge >= 0.3 is 5.97 Å². The van der Waals surface area contributed by atoms with Gasteiger partial charge in [-0.1, -0.05) is 63.1 Å². The first-order valence-corrected chi connectivity index (χ1v) is 25.1. The Labute approximate surface area is 413 Å². The fourth-order valence-electron chi connectivity index (χ4n) is 6.47. The molecule has 0 radical (unpaired) electrons. The number of carboxylic acid groups (broad SMARTS) is 1. The highest BCUT2D eigenvalue weighted by atomic mass is 33.1. The quantitative estimate of drug-likeness (QED) is 0.0780. The van der Waals surface area contributed by atoms with Crippen LogP contribution >= 0.6 is 21.6 Å². The molecule has 0 saturated carbocycles. The summed E-state index contributed by atoms with van der Waals surface area (Å²) in [5, 5.41) is 34.0. The molecule has 1 saturated heterocycles. The van der Waals surface area contributed by atoms with Gasteiger partial charge in [-0.2, -0.15) is 0 Å². The minimum Gasteiger partial charge on any atom is -0.481 e. The zero-order chi connectivity index (χ0) is 53.4. The molecule has 1 aliphatic heterocycles. The first kappa shape index (κ1) is 61.8. The van der Waals surface area contributed by atoms with E-state index in [2.05, 4.69) is 53.2 Å². The van der Waals surface area contributed by atoms with Crippen LogP contribution in [-0.2, 0) is 62.3 Å². The molecule has 70 heavy (non-hydrogen) atoms. The number of rotatable bonds is 13. The minimum absolute atomic E-state index is 0.0295. The van der Waals surface area contributed by atoms with Gasteiger partial charge in [-0.3, -0.25) is 62.3 Å². The summed E-state index contributed by atoms with van der Waals surface area (Å²) in [7, 11) is 1.98. The maximum Gasteiger partial charge on any atom is 0.305 e. The second kappa shape index (κ2) is 31.1. The van der Waals surface area contributed by atoms with Gasteiger partial charge in [-0.15, -0.1) is 0 Å². The molecule has 1 aliphatic rings. The van der Waals surface area contributed by atoms with Crippen LogP contribution in [0.3, 0.4) is 0 Å². The Hall–Kier alpha value is -6.19. The van der Waals surface area contributed by atoms with E-state index in [1.54, 1.807) is 41.5 Å². The molecule has 0 aromatic heterocycles. The van der Waals surface area contributed by atoms with Crippen molar-refractivity contribution >= 4 is 98.4 Å². The molecule has 0 aromatic carbocycles. The predicted molar refractivity (Wildman–Crippen MR) is 256 cm³/mol. The maximum atomic E-state index is 13.8. The third kappa shape index (κ3) is 24.9. The Kier molecular flexibility index (Phi) is 27.5. The fraction of sp³-hybridized carbons (Fsp3) is 0.690. The highest BCUT2D eigenvalue weighted by Crippen LogP contribution is 2.23. The molecule has 0 spiro atoms. The summed E-state index contributed by atoms with van der Waals surface area (Å²) in [5.41, 5.74) is 10.8. The van der Waals surface area contributed by atoms with Crippen molar-refractivity contribution in [1.29, 1.82) is 0 Å². The average molecular weight is 1030 g/mol. The zero-order valence-electron chi connectivity index (χ0n) is 40.6. The number of carbonyl (C=O) groups is 13. The number of carbonyl (C=O) groups excluding carboxylic acids is 12. The highest BCUT2D eigenvalue weighted by Gasteiger charge is 2.35. The van der Waals surface area contributed by atoms with Crippen LogP contribution < -0.4 is 64.6 Å². The van der Waals surface area contributed by atoms with Crippen molar-refractivity contribution < 1.29 is 67.4 Å². The van der Waals surface area contributed by atoms with Crippen molar-refractivity contribution in [2.75, 3.05) is 24.6 Å². The van der Waals surface area contributed by atoms with Crippen molar-refractivity contribution in [3.05, 3.63) is 0 Å². The molecular formula is C42H70N12O14S2. The second-order valence-electron chi connectivity index (χ2n) is 17.9. The monoisotopic (exact) mass is 1030 g/mol. The van der Waals surface area contributed by atoms with Crippen LogP contribution in [0, 0.1) is 17.8 Å². The summed E-state index contributed by atoms with van der Waals surface area (Å²) in [4.78, 5) is 169. The van der Waals surface area contributed by atoms with E-state index < -0.39 is 151 Å². The van der Waals surface area contributed by atoms with Crippen LogP contribution in [0.1, 0.15) is 93.9 Å². The molecule has 28 heteroatoms. The molecule has 0 bridgehead atoms. The second-order valence-corrected chi connectivity index (χ2v) is 20.4. The number of hydrogen-bond acceptors (Lipinski definition) is 15. The van der Waals surface area contributed by atoms with Crippen molar-refractivity contribution in [2.24, 2.45) is 29.2 Å². The van der Waals surface area contributed by atoms with E-state index in [9.17, 15) is 67.4 Å². The molecule has 0 aromatic rings. The van der Waals surface area contributed by atoms with Crippen LogP contribution in [0.15, 0.2) is 0 Å². The molecule has 394 valence electrons. The van der Waals surface area contributed by atoms with Gasteiger partial charge in [0.2, 0.25) is 70.9 Å². The van der Waals surface area contributed by atoms with Gasteiger partial charge in [-0.25, -0.2) is 0 Å². The van der Waals surface area contributed by atoms with E-state index in [1.165, 1.54) is 6.92 Å². The fourth-order valence-corrected chi connectivity index (χ4v) is 8.81. The molecule has 15 N–H and O–H groups in total. The van der Waals surface area contributed by atoms with Crippen LogP contribution in [0.5, 0.6) is 0 Å². The summed E-state index contributed by atoms with van der Waals surface area (Å²) < 4.78 is 0. The molecule has 8 atom stereocenters. The van der Waals surface area contributed by atoms with Gasteiger partial charge in [-0.05, 0) is 50.4 Å². The number of nitrogens with one attached hydrogen (secondary N) is 10. The number of hydrogen-bond donors (Lipinski definition) is 13. The maximum absolute atomic E-state index is 13.8. The van der Waals surface area contributed by atoms with E-state index in [0.717, 1.165) is 28.5 Å². The lowest BCUT2D eigenvalue weighted by molar-refractivity contribution is -0.141. The Morgan fingerprint density at radius 2 is 1.01 bits per heavy atom. The van der Waals surface area contributed by atoms with Gasteiger partial charge in [0.05, 0.1) is 19.5 Å². The lowest BCUT2D eigenvalue weighted by Gasteiger charge is -2.28. The molecule has 1 heterocycles. The summed E-state index contributed by atoms with van der Waals surface area (Å²) >= 11 is 0. The van der Waals surface area contributed by atoms with Crippen molar-refractivity contribution in [2.45, 2.75) is 142 Å². The standard InChI is InChI=1S/C42H70N12O14S2/c1-19(2)11-25-37(63)45-16-33(58)50-29(35(44)61)17-69-70-18-30(48-23(8)55)38(64)46-15-32(57)49-24(9-10-31(43)56)39(65)52-27(13-21(5)6)41(67)54-28(14-34(59)60)42(68)53-26(12-20(3)4)40(66)47-22(7)36(62)51-25/h19-22,24-30H,9-18H2,1-8H3,(H2,43,56)(H2,44,61)(H,45,63)(H,46,64)(H,47,66)(H,48,55)(H,49,57)(H,50,58)(H,51,62)(H,52,65)(H,53,68)(H,54,67)(H,59,60). The van der Waals surface area contributed by atoms with Gasteiger partial charge in [0.25, 0.3) is 0 Å². The van der Waals surface area contributed by atoms with Gasteiger partial charge in [0.1, 0.15) is 48.3 Å². The highest BCUT2D eigenvalue weighted by molar-refractivity contribution is 8.76. The topological polar surface area (TPSA) is 414 Å². The van der Waals surface area contributed by atoms with Gasteiger partial charge < -0.3 is 69.7 Å². The molecule has 0 aliphatic carbocycles. The predicted octanol–water partition coefficient (Wildman–Crippen LogP) is -4.10. The number of nitrogens with two attached hydrogens (primary N) is 2. The summed E-state index contributed by atoms with van der Waals surface area (Å²) in [6.45, 7) is 11.4. The smallest absolute Gasteiger partial charge is 0.305 e. The van der Waals surface area contributed by atoms with E-state index >= 15 is 0 Å². The van der Waals surface area contributed by atoms with Gasteiger partial charge in [0, 0.05) is 24.9 Å². The summed E-state index contributed by atoms with van der Waals surface area (Å²) in [6, 6.07) is -11.2. The van der Waals surface area contributed by atoms with E-state index in [-0.39, 0.29) is 54.9 Å².